The Kier molecular flexibility index (Phi) is 24.7. The first-order valence-corrected chi connectivity index (χ1v) is 27.6. The average molecular weight is 1310 g/mol. The number of aliphatic hydroxyl groups excluding tert-OH is 23. The van der Waals surface area contributed by atoms with Gasteiger partial charge < -0.3 is 199 Å². The molecule has 0 aromatic rings. The summed E-state index contributed by atoms with van der Waals surface area (Å²) >= 11 is 0. The molecule has 25 N–H and O–H groups in total. The second-order valence-corrected chi connectivity index (χ2v) is 22.0. The normalized spacial score (nSPS) is 52.5. The highest BCUT2D eigenvalue weighted by molar-refractivity contribution is 5.74. The first kappa shape index (κ1) is 72.3. The molecule has 0 aromatic carbocycles. The molecule has 0 radical (unpaired) electrons. The van der Waals surface area contributed by atoms with Crippen LogP contribution in [0.3, 0.4) is 0 Å². The Morgan fingerprint density at radius 2 is 0.551 bits per heavy atom. The van der Waals surface area contributed by atoms with E-state index in [1.807, 2.05) is 0 Å². The van der Waals surface area contributed by atoms with Crippen LogP contribution in [0.1, 0.15) is 0 Å². The van der Waals surface area contributed by atoms with Crippen LogP contribution in [0.15, 0.2) is 0 Å². The van der Waals surface area contributed by atoms with E-state index >= 15 is 0 Å². The lowest BCUT2D eigenvalue weighted by Gasteiger charge is -2.49. The van der Waals surface area contributed by atoms with Crippen LogP contribution in [0, 0.1) is 0 Å². The molecule has 8 heterocycles. The van der Waals surface area contributed by atoms with E-state index in [1.165, 1.54) is 0 Å². The van der Waals surface area contributed by atoms with Gasteiger partial charge in [-0.05, 0) is 0 Å². The van der Waals surface area contributed by atoms with Crippen LogP contribution in [0.4, 0.5) is 0 Å². The number of carboxylic acid groups (broad SMARTS) is 2. The van der Waals surface area contributed by atoms with Crippen molar-refractivity contribution in [1.82, 2.24) is 0 Å². The monoisotopic (exact) mass is 1310 g/mol. The molecule has 0 bridgehead atoms. The van der Waals surface area contributed by atoms with Gasteiger partial charge in [-0.2, -0.15) is 0 Å². The molecule has 516 valence electrons. The van der Waals surface area contributed by atoms with Gasteiger partial charge in [0, 0.05) is 0 Å². The molecule has 0 spiro atoms. The van der Waals surface area contributed by atoms with E-state index < -0.39 is 291 Å². The van der Waals surface area contributed by atoms with Crippen LogP contribution in [-0.4, -0.2) is 419 Å². The van der Waals surface area contributed by atoms with Crippen molar-refractivity contribution in [3.8, 4) is 0 Å². The second-order valence-electron chi connectivity index (χ2n) is 22.0. The maximum absolute atomic E-state index is 12.3. The van der Waals surface area contributed by atoms with E-state index in [1.54, 1.807) is 0 Å². The summed E-state index contributed by atoms with van der Waals surface area (Å²) in [6.45, 7) is -5.94. The fourth-order valence-electron chi connectivity index (χ4n) is 11.0. The number of hydrogen-bond donors (Lipinski definition) is 25. The van der Waals surface area contributed by atoms with E-state index in [9.17, 15) is 137 Å². The smallest absolute Gasteiger partial charge is 0.335 e. The number of carboxylic acids is 2. The van der Waals surface area contributed by atoms with Crippen molar-refractivity contribution in [2.75, 3.05) is 39.6 Å². The predicted octanol–water partition coefficient (Wildman–Crippen LogP) is -17.6. The lowest BCUT2D eigenvalue weighted by Crippen LogP contribution is -2.67. The van der Waals surface area contributed by atoms with Crippen molar-refractivity contribution in [3.63, 3.8) is 0 Å². The fraction of sp³-hybridized carbons (Fsp3) is 0.957. The molecule has 0 saturated carbocycles. The van der Waals surface area contributed by atoms with Gasteiger partial charge in [-0.25, -0.2) is 9.59 Å². The van der Waals surface area contributed by atoms with Crippen LogP contribution in [0.25, 0.3) is 0 Å². The number of aliphatic carboxylic acids is 2. The Bertz CT molecular complexity index is 2240. The molecule has 42 heteroatoms. The summed E-state index contributed by atoms with van der Waals surface area (Å²) in [5.74, 6) is -3.64. The van der Waals surface area contributed by atoms with Crippen molar-refractivity contribution in [2.24, 2.45) is 0 Å². The zero-order chi connectivity index (χ0) is 65.5. The van der Waals surface area contributed by atoms with Gasteiger partial charge >= 0.3 is 11.9 Å². The van der Waals surface area contributed by atoms with Crippen molar-refractivity contribution in [1.29, 1.82) is 0 Å². The molecule has 39 atom stereocenters. The fourth-order valence-corrected chi connectivity index (χ4v) is 11.0. The summed E-state index contributed by atoms with van der Waals surface area (Å²) in [5.41, 5.74) is 0. The minimum Gasteiger partial charge on any atom is -0.479 e. The van der Waals surface area contributed by atoms with Gasteiger partial charge in [0.1, 0.15) is 177 Å². The van der Waals surface area contributed by atoms with E-state index in [0.717, 1.165) is 0 Å². The minimum atomic E-state index is -2.33. The Morgan fingerprint density at radius 1 is 0.258 bits per heavy atom. The molecule has 89 heavy (non-hydrogen) atoms. The molecule has 8 fully saturated rings. The van der Waals surface area contributed by atoms with Crippen LogP contribution >= 0.6 is 0 Å². The Labute approximate surface area is 498 Å². The SMILES string of the molecule is O=C(O)[C@H]1O[C@H](O[C@H]2[C@H](O)[C@@H](O)[C@H](O[C@H]3[C@H](O)[C@@H](O)[C@H](OC[C@H]4O[C@@H](OC[C@H]5O[C@@H](O[C@H]6[C@H](O)[C@@H](O)[C@H](O[C@H]7[C@H](O)[C@@H](O)[C@H](O[C@H]8[C@@H](O)[C@@H](CO)OC(O)[C@@H]8O)O[C@@H]7CO)O[C@@H]6CO)[C@H](O)[C@@H](O)[C@@H]5O)[C@H](O)[C@@H](O)[C@@H]4O)O[C@@H]3CO)O[C@@H]2C(=O)O)[C@H](O)[C@@H]1O. The summed E-state index contributed by atoms with van der Waals surface area (Å²) in [4.78, 5) is 23.7. The van der Waals surface area contributed by atoms with Crippen LogP contribution in [-0.2, 0) is 80.6 Å². The molecule has 8 saturated heterocycles. The highest BCUT2D eigenvalue weighted by Gasteiger charge is 2.59. The van der Waals surface area contributed by atoms with Gasteiger partial charge in [0.05, 0.1) is 39.6 Å². The molecule has 0 aliphatic carbocycles. The lowest BCUT2D eigenvalue weighted by molar-refractivity contribution is -0.389. The average Bonchev–Trinajstić information content (AvgIpc) is 1.26. The first-order valence-electron chi connectivity index (χ1n) is 27.6. The van der Waals surface area contributed by atoms with Crippen LogP contribution < -0.4 is 0 Å². The van der Waals surface area contributed by atoms with E-state index in [2.05, 4.69) is 0 Å². The van der Waals surface area contributed by atoms with E-state index in [4.69, 9.17) is 71.1 Å². The molecule has 1 unspecified atom stereocenters. The standard InChI is InChI=1S/C47H76O42/c48-1-7-15(54)34(30(69)40(74)77-7)86-45-27(66)20(59)33(10(4-51)80-45)84-44-26(65)19(58)32(9(3-50)79-44)83-43-24(63)17(56)14(53)12(82-43)6-75-41-23(62)16(55)13(52)11(81-41)5-76-42-25(64)18(57)31(8(2-49)78-42)85-46-28(67)21(60)35(37(89-46)39(72)73)87-47-29(68)22(61)36(88-47)38(70)71/h7-37,40-69,74H,1-6H2,(H,70,71)(H,72,73)/t7-,8-,9-,10-,11-,12-,13-,14-,15+,16+,17+,18-,19-,20-,21-,22+,23-,24-,25-,26-,27-,28-,29-,30-,31-,32-,33-,34+,35+,36+,37+,40?,41-,42-,43+,44+,45+,46-,47+/m1/s1. The Balaban J connectivity index is 0.843. The zero-order valence-electron chi connectivity index (χ0n) is 45.9. The summed E-state index contributed by atoms with van der Waals surface area (Å²) in [6, 6.07) is 0. The van der Waals surface area contributed by atoms with Gasteiger partial charge in [0.2, 0.25) is 0 Å². The van der Waals surface area contributed by atoms with E-state index in [0.29, 0.717) is 0 Å². The largest absolute Gasteiger partial charge is 0.479 e. The highest BCUT2D eigenvalue weighted by Crippen LogP contribution is 2.37. The lowest BCUT2D eigenvalue weighted by atomic mass is 9.95. The van der Waals surface area contributed by atoms with Gasteiger partial charge in [-0.3, -0.25) is 0 Å². The van der Waals surface area contributed by atoms with Crippen LogP contribution in [0.5, 0.6) is 0 Å². The molecular weight excluding hydrogens is 1240 g/mol. The summed E-state index contributed by atoms with van der Waals surface area (Å²) in [7, 11) is 0. The number of ether oxygens (including phenoxy) is 15. The Morgan fingerprint density at radius 3 is 0.944 bits per heavy atom. The van der Waals surface area contributed by atoms with Crippen molar-refractivity contribution in [2.45, 2.75) is 240 Å². The second kappa shape index (κ2) is 30.4. The van der Waals surface area contributed by atoms with Gasteiger partial charge in [0.15, 0.2) is 62.5 Å². The number of aliphatic hydroxyl groups is 23. The third-order valence-corrected chi connectivity index (χ3v) is 16.2. The third kappa shape index (κ3) is 14.9. The summed E-state index contributed by atoms with van der Waals surface area (Å²) in [6.07, 6.45) is -79.4. The molecular formula is C47H76O42. The van der Waals surface area contributed by atoms with Crippen molar-refractivity contribution >= 4 is 11.9 Å². The van der Waals surface area contributed by atoms with Crippen molar-refractivity contribution in [3.05, 3.63) is 0 Å². The maximum Gasteiger partial charge on any atom is 0.335 e. The Hall–Kier alpha value is -2.58. The van der Waals surface area contributed by atoms with Crippen molar-refractivity contribution < 1.29 is 208 Å². The van der Waals surface area contributed by atoms with E-state index in [-0.39, 0.29) is 0 Å². The van der Waals surface area contributed by atoms with Gasteiger partial charge in [-0.1, -0.05) is 0 Å². The molecule has 8 aliphatic rings. The number of rotatable bonds is 22. The summed E-state index contributed by atoms with van der Waals surface area (Å²) in [5, 5.41) is 265. The molecule has 0 amide bonds. The summed E-state index contributed by atoms with van der Waals surface area (Å²) < 4.78 is 81.6. The minimum absolute atomic E-state index is 0.858. The van der Waals surface area contributed by atoms with Gasteiger partial charge in [-0.15, -0.1) is 0 Å². The molecule has 8 rings (SSSR count). The number of carbonyl (C=O) groups is 2. The first-order chi connectivity index (χ1) is 42.0. The zero-order valence-corrected chi connectivity index (χ0v) is 45.9. The molecule has 42 nitrogen and oxygen atoms in total. The topological polar surface area (TPSA) is 678 Å². The predicted molar refractivity (Wildman–Crippen MR) is 260 cm³/mol. The highest BCUT2D eigenvalue weighted by atomic mass is 16.8. The quantitative estimate of drug-likeness (QED) is 0.0479. The molecule has 8 aliphatic heterocycles. The number of hydrogen-bond acceptors (Lipinski definition) is 40. The van der Waals surface area contributed by atoms with Crippen LogP contribution in [0.2, 0.25) is 0 Å². The third-order valence-electron chi connectivity index (χ3n) is 16.2. The maximum atomic E-state index is 12.3. The molecule has 0 aromatic heterocycles. The van der Waals surface area contributed by atoms with Gasteiger partial charge in [0.25, 0.3) is 0 Å².